The summed E-state index contributed by atoms with van der Waals surface area (Å²) < 4.78 is 66.7. The Balaban J connectivity index is 1.05. The van der Waals surface area contributed by atoms with Gasteiger partial charge in [-0.15, -0.1) is 0 Å². The number of ether oxygens (including phenoxy) is 3. The van der Waals surface area contributed by atoms with Crippen molar-refractivity contribution in [2.75, 3.05) is 25.6 Å². The van der Waals surface area contributed by atoms with Crippen molar-refractivity contribution < 1.29 is 71.6 Å². The average molecular weight is 894 g/mol. The van der Waals surface area contributed by atoms with E-state index in [1.54, 1.807) is 0 Å². The van der Waals surface area contributed by atoms with Crippen molar-refractivity contribution in [3.05, 3.63) is 82.4 Å². The Morgan fingerprint density at radius 2 is 1.43 bits per heavy atom. The molecule has 328 valence electrons. The largest absolute Gasteiger partial charge is 0.472 e. The number of hydrogen-bond donors (Lipinski definition) is 10. The minimum atomic E-state index is -5.38. The first-order valence-electron chi connectivity index (χ1n) is 17.5. The van der Waals surface area contributed by atoms with E-state index in [9.17, 15) is 63.3 Å². The summed E-state index contributed by atoms with van der Waals surface area (Å²) in [4.78, 5) is 96.2. The zero-order valence-corrected chi connectivity index (χ0v) is 32.4. The van der Waals surface area contributed by atoms with Gasteiger partial charge in [-0.3, -0.25) is 61.1 Å². The molecule has 7 heterocycles. The van der Waals surface area contributed by atoms with Crippen LogP contribution >= 0.6 is 15.6 Å². The van der Waals surface area contributed by atoms with Gasteiger partial charge in [0.25, 0.3) is 16.7 Å². The predicted molar refractivity (Wildman–Crippen MR) is 193 cm³/mol. The van der Waals surface area contributed by atoms with Gasteiger partial charge in [0.05, 0.1) is 32.3 Å². The predicted octanol–water partition coefficient (Wildman–Crippen LogP) is -4.73. The molecule has 3 aliphatic heterocycles. The normalized spacial score (nSPS) is 31.4. The molecular weight excluding hydrogens is 856 g/mol. The molecule has 3 aliphatic rings. The SMILES string of the molecule is Cc1cn([C@H]2CC(O)[C@@H](COP(=O)(O)OC3C(O)[C@H](n4ccc(=O)[nH]c4=O)O[C@@H]3COP(=O)(O)OC3C(O)[C@H](n4cnc5c(=O)[nH]c(N)nc54)O[C@@H]3CO)O2)c(=O)[nH]c1=O. The molecule has 0 saturated carbocycles. The number of anilines is 1. The van der Waals surface area contributed by atoms with Crippen LogP contribution in [0, 0.1) is 6.92 Å². The van der Waals surface area contributed by atoms with Gasteiger partial charge in [-0.1, -0.05) is 0 Å². The number of aliphatic hydroxyl groups is 4. The quantitative estimate of drug-likeness (QED) is 0.0531. The maximum atomic E-state index is 13.3. The third-order valence-corrected chi connectivity index (χ3v) is 11.6. The lowest BCUT2D eigenvalue weighted by Crippen LogP contribution is -2.39. The highest BCUT2D eigenvalue weighted by molar-refractivity contribution is 7.47. The molecule has 0 spiro atoms. The van der Waals surface area contributed by atoms with Crippen LogP contribution in [-0.2, 0) is 41.4 Å². The van der Waals surface area contributed by atoms with E-state index in [-0.39, 0.29) is 29.1 Å². The fraction of sp³-hybridized carbons (Fsp3) is 0.552. The molecule has 29 nitrogen and oxygen atoms in total. The Kier molecular flexibility index (Phi) is 12.1. The summed E-state index contributed by atoms with van der Waals surface area (Å²) >= 11 is 0. The van der Waals surface area contributed by atoms with Crippen LogP contribution in [0.4, 0.5) is 5.95 Å². The molecule has 60 heavy (non-hydrogen) atoms. The molecule has 3 saturated heterocycles. The summed E-state index contributed by atoms with van der Waals surface area (Å²) in [5.41, 5.74) is 1.25. The van der Waals surface area contributed by atoms with Gasteiger partial charge in [0.2, 0.25) is 5.95 Å². The van der Waals surface area contributed by atoms with Crippen LogP contribution in [0.25, 0.3) is 11.2 Å². The summed E-state index contributed by atoms with van der Waals surface area (Å²) in [7, 11) is -10.7. The highest BCUT2D eigenvalue weighted by Crippen LogP contribution is 2.52. The van der Waals surface area contributed by atoms with Crippen LogP contribution in [0.5, 0.6) is 0 Å². The van der Waals surface area contributed by atoms with E-state index in [2.05, 4.69) is 19.9 Å². The lowest BCUT2D eigenvalue weighted by molar-refractivity contribution is -0.0629. The number of nitrogens with zero attached hydrogens (tertiary/aromatic N) is 5. The van der Waals surface area contributed by atoms with Gasteiger partial charge in [0.1, 0.15) is 49.0 Å². The van der Waals surface area contributed by atoms with E-state index in [4.69, 9.17) is 38.0 Å². The van der Waals surface area contributed by atoms with E-state index in [1.807, 2.05) is 4.98 Å². The number of aromatic nitrogens is 8. The third-order valence-electron chi connectivity index (χ3n) is 9.62. The topological polar surface area (TPSA) is 419 Å². The number of hydrogen-bond acceptors (Lipinski definition) is 21. The highest BCUT2D eigenvalue weighted by Gasteiger charge is 2.52. The number of aryl methyl sites for hydroxylation is 1. The summed E-state index contributed by atoms with van der Waals surface area (Å²) in [6.45, 7) is -1.42. The second-order valence-corrected chi connectivity index (χ2v) is 16.5. The first-order valence-corrected chi connectivity index (χ1v) is 20.5. The van der Waals surface area contributed by atoms with Crippen LogP contribution in [-0.4, -0.2) is 137 Å². The van der Waals surface area contributed by atoms with E-state index in [1.165, 1.54) is 13.1 Å². The fourth-order valence-electron chi connectivity index (χ4n) is 6.74. The Hall–Kier alpha value is -4.55. The summed E-state index contributed by atoms with van der Waals surface area (Å²) in [6.07, 6.45) is -15.3. The number of imidazole rings is 1. The Morgan fingerprint density at radius 3 is 2.08 bits per heavy atom. The first kappa shape index (κ1) is 43.5. The minimum absolute atomic E-state index is 0.152. The molecular formula is C29H37N9O20P2. The number of aliphatic hydroxyl groups excluding tert-OH is 4. The maximum absolute atomic E-state index is 13.3. The molecule has 4 aromatic rings. The molecule has 7 rings (SSSR count). The number of rotatable bonds is 14. The Labute approximate surface area is 331 Å². The molecule has 0 amide bonds. The number of aromatic amines is 3. The number of nitrogens with one attached hydrogen (secondary N) is 3. The minimum Gasteiger partial charge on any atom is -0.394 e. The third kappa shape index (κ3) is 8.77. The van der Waals surface area contributed by atoms with Crippen LogP contribution in [0.3, 0.4) is 0 Å². The summed E-state index contributed by atoms with van der Waals surface area (Å²) in [6, 6.07) is 0.880. The van der Waals surface area contributed by atoms with Crippen LogP contribution in [0.2, 0.25) is 0 Å². The lowest BCUT2D eigenvalue weighted by atomic mass is 10.1. The number of nitrogens with two attached hydrogens (primary N) is 1. The zero-order chi connectivity index (χ0) is 43.4. The number of fused-ring (bicyclic) bond motifs is 1. The molecule has 11 N–H and O–H groups in total. The summed E-state index contributed by atoms with van der Waals surface area (Å²) in [5, 5.41) is 42.9. The van der Waals surface area contributed by atoms with Crippen LogP contribution in [0.1, 0.15) is 30.7 Å². The Morgan fingerprint density at radius 1 is 0.833 bits per heavy atom. The molecule has 3 fully saturated rings. The average Bonchev–Trinajstić information content (AvgIpc) is 3.92. The lowest BCUT2D eigenvalue weighted by Gasteiger charge is -2.25. The number of H-pyrrole nitrogens is 3. The summed E-state index contributed by atoms with van der Waals surface area (Å²) in [5.74, 6) is -0.312. The fourth-order valence-corrected chi connectivity index (χ4v) is 8.67. The molecule has 31 heteroatoms. The molecule has 0 bridgehead atoms. The standard InChI is InChI=1S/C29H37N9O20P2/c1-10-5-37(29(47)35-23(10)44)16-4-11(40)13(54-16)7-52-59(48,49)58-21-14(56-25(19(21)43)36-3-2-15(41)32-28(36)46)8-53-60(50,51)57-20-12(6-39)55-26(18(20)42)38-9-31-17-22(38)33-27(30)34-24(17)45/h2-3,5,9,11-14,16,18-21,25-26,39-40,42-43H,4,6-8H2,1H3,(H,48,49)(H,50,51)(H,32,41,46)(H,35,44,47)(H3,30,33,34,45)/t11?,12-,13-,14-,16-,18?,19?,20?,21?,25-,26-/m1/s1. The van der Waals surface area contributed by atoms with Gasteiger partial charge in [-0.2, -0.15) is 4.98 Å². The molecule has 0 aromatic carbocycles. The zero-order valence-electron chi connectivity index (χ0n) is 30.6. The van der Waals surface area contributed by atoms with Crippen LogP contribution in [0.15, 0.2) is 48.8 Å². The van der Waals surface area contributed by atoms with Crippen molar-refractivity contribution in [3.8, 4) is 0 Å². The monoisotopic (exact) mass is 893 g/mol. The van der Waals surface area contributed by atoms with Crippen molar-refractivity contribution >= 4 is 32.8 Å². The molecule has 13 atom stereocenters. The van der Waals surface area contributed by atoms with Gasteiger partial charge in [-0.05, 0) is 6.92 Å². The van der Waals surface area contributed by atoms with Crippen molar-refractivity contribution in [3.63, 3.8) is 0 Å². The smallest absolute Gasteiger partial charge is 0.394 e. The van der Waals surface area contributed by atoms with Crippen LogP contribution < -0.4 is 33.8 Å². The van der Waals surface area contributed by atoms with Crippen molar-refractivity contribution in [2.45, 2.75) is 80.9 Å². The van der Waals surface area contributed by atoms with Gasteiger partial charge < -0.3 is 50.2 Å². The van der Waals surface area contributed by atoms with E-state index in [0.717, 1.165) is 27.7 Å². The van der Waals surface area contributed by atoms with Crippen molar-refractivity contribution in [2.24, 2.45) is 0 Å². The molecule has 0 radical (unpaired) electrons. The number of phosphoric ester groups is 2. The van der Waals surface area contributed by atoms with E-state index < -0.39 is 131 Å². The van der Waals surface area contributed by atoms with Gasteiger partial charge >= 0.3 is 27.0 Å². The maximum Gasteiger partial charge on any atom is 0.472 e. The Bertz CT molecular complexity index is 2640. The second-order valence-electron chi connectivity index (χ2n) is 13.7. The molecule has 0 aliphatic carbocycles. The van der Waals surface area contributed by atoms with E-state index >= 15 is 0 Å². The van der Waals surface area contributed by atoms with E-state index in [0.29, 0.717) is 4.57 Å². The first-order chi connectivity index (χ1) is 28.3. The number of phosphoric acid groups is 2. The van der Waals surface area contributed by atoms with Crippen molar-refractivity contribution in [1.29, 1.82) is 0 Å². The highest BCUT2D eigenvalue weighted by atomic mass is 31.2. The second kappa shape index (κ2) is 16.7. The van der Waals surface area contributed by atoms with Crippen molar-refractivity contribution in [1.82, 2.24) is 38.6 Å². The number of nitrogen functional groups attached to an aromatic ring is 1. The van der Waals surface area contributed by atoms with Gasteiger partial charge in [0.15, 0.2) is 23.6 Å². The molecule has 4 aromatic heterocycles. The van der Waals surface area contributed by atoms with Gasteiger partial charge in [-0.25, -0.2) is 23.7 Å². The molecule has 7 unspecified atom stereocenters. The van der Waals surface area contributed by atoms with Gasteiger partial charge in [0, 0.05) is 30.4 Å².